The molecule has 0 bridgehead atoms. The molecule has 1 aromatic heterocycles. The van der Waals surface area contributed by atoms with Crippen LogP contribution < -0.4 is 4.90 Å². The van der Waals surface area contributed by atoms with Crippen molar-refractivity contribution in [1.29, 1.82) is 0 Å². The van der Waals surface area contributed by atoms with Crippen LogP contribution in [0.5, 0.6) is 0 Å². The Labute approximate surface area is 119 Å². The standard InChI is InChI=1S/C14H22ClN3O/c1-13(2,3)12-16-10(15)8-11(17-12)18-7-5-6-14(4,19)9-18/h8,19H,5-7,9H2,1-4H3. The van der Waals surface area contributed by atoms with E-state index in [4.69, 9.17) is 11.6 Å². The lowest BCUT2D eigenvalue weighted by Gasteiger charge is -2.37. The van der Waals surface area contributed by atoms with Gasteiger partial charge in [-0.15, -0.1) is 0 Å². The molecule has 1 aliphatic heterocycles. The Kier molecular flexibility index (Phi) is 3.76. The number of piperidine rings is 1. The maximum Gasteiger partial charge on any atom is 0.137 e. The summed E-state index contributed by atoms with van der Waals surface area (Å²) in [6, 6.07) is 1.78. The van der Waals surface area contributed by atoms with Crippen molar-refractivity contribution in [3.05, 3.63) is 17.0 Å². The highest BCUT2D eigenvalue weighted by Gasteiger charge is 2.30. The van der Waals surface area contributed by atoms with E-state index in [0.717, 1.165) is 31.0 Å². The Morgan fingerprint density at radius 1 is 1.37 bits per heavy atom. The molecule has 1 unspecified atom stereocenters. The second-order valence-electron chi connectivity index (χ2n) is 6.64. The lowest BCUT2D eigenvalue weighted by atomic mass is 9.94. The molecule has 0 saturated carbocycles. The lowest BCUT2D eigenvalue weighted by Crippen LogP contribution is -2.46. The summed E-state index contributed by atoms with van der Waals surface area (Å²) in [6.45, 7) is 9.54. The van der Waals surface area contributed by atoms with E-state index in [2.05, 4.69) is 35.6 Å². The number of hydrogen-bond acceptors (Lipinski definition) is 4. The largest absolute Gasteiger partial charge is 0.388 e. The van der Waals surface area contributed by atoms with Gasteiger partial charge in [0.2, 0.25) is 0 Å². The molecule has 1 aliphatic rings. The van der Waals surface area contributed by atoms with Crippen molar-refractivity contribution in [2.24, 2.45) is 0 Å². The maximum absolute atomic E-state index is 10.2. The molecule has 2 rings (SSSR count). The summed E-state index contributed by atoms with van der Waals surface area (Å²) < 4.78 is 0. The van der Waals surface area contributed by atoms with Crippen LogP contribution in [0, 0.1) is 0 Å². The van der Waals surface area contributed by atoms with Crippen LogP contribution in [0.4, 0.5) is 5.82 Å². The second-order valence-corrected chi connectivity index (χ2v) is 7.03. The van der Waals surface area contributed by atoms with Gasteiger partial charge in [-0.3, -0.25) is 0 Å². The molecule has 4 nitrogen and oxygen atoms in total. The van der Waals surface area contributed by atoms with Gasteiger partial charge in [-0.25, -0.2) is 9.97 Å². The van der Waals surface area contributed by atoms with E-state index in [-0.39, 0.29) is 5.41 Å². The van der Waals surface area contributed by atoms with Crippen LogP contribution in [0.2, 0.25) is 5.15 Å². The molecular weight excluding hydrogens is 262 g/mol. The van der Waals surface area contributed by atoms with Gasteiger partial charge in [-0.2, -0.15) is 0 Å². The first-order valence-corrected chi connectivity index (χ1v) is 7.08. The van der Waals surface area contributed by atoms with Gasteiger partial charge in [-0.1, -0.05) is 32.4 Å². The number of nitrogens with zero attached hydrogens (tertiary/aromatic N) is 3. The zero-order valence-corrected chi connectivity index (χ0v) is 12.8. The van der Waals surface area contributed by atoms with Crippen LogP contribution in [0.1, 0.15) is 46.4 Å². The Hall–Kier alpha value is -0.870. The van der Waals surface area contributed by atoms with Crippen LogP contribution >= 0.6 is 11.6 Å². The molecule has 19 heavy (non-hydrogen) atoms. The summed E-state index contributed by atoms with van der Waals surface area (Å²) in [5.41, 5.74) is -0.796. The average molecular weight is 284 g/mol. The first-order chi connectivity index (χ1) is 8.67. The maximum atomic E-state index is 10.2. The SMILES string of the molecule is CC1(O)CCCN(c2cc(Cl)nc(C(C)(C)C)n2)C1. The Morgan fingerprint density at radius 3 is 2.63 bits per heavy atom. The minimum absolute atomic E-state index is 0.141. The number of halogens is 1. The molecule has 0 aliphatic carbocycles. The molecular formula is C14H22ClN3O. The Bertz CT molecular complexity index is 468. The van der Waals surface area contributed by atoms with Gasteiger partial charge >= 0.3 is 0 Å². The molecule has 1 aromatic rings. The molecule has 1 atom stereocenters. The quantitative estimate of drug-likeness (QED) is 0.805. The van der Waals surface area contributed by atoms with Crippen molar-refractivity contribution in [2.45, 2.75) is 51.6 Å². The van der Waals surface area contributed by atoms with Gasteiger partial charge in [0.05, 0.1) is 5.60 Å². The number of hydrogen-bond donors (Lipinski definition) is 1. The van der Waals surface area contributed by atoms with Crippen LogP contribution in [0.15, 0.2) is 6.07 Å². The van der Waals surface area contributed by atoms with E-state index >= 15 is 0 Å². The smallest absolute Gasteiger partial charge is 0.137 e. The summed E-state index contributed by atoms with van der Waals surface area (Å²) in [7, 11) is 0. The predicted octanol–water partition coefficient (Wildman–Crippen LogP) is 2.78. The second kappa shape index (κ2) is 4.91. The normalized spacial score (nSPS) is 24.6. The van der Waals surface area contributed by atoms with Crippen LogP contribution in [-0.2, 0) is 5.41 Å². The molecule has 0 amide bonds. The number of aromatic nitrogens is 2. The molecule has 2 heterocycles. The number of rotatable bonds is 1. The Morgan fingerprint density at radius 2 is 2.05 bits per heavy atom. The first kappa shape index (κ1) is 14.5. The van der Waals surface area contributed by atoms with Crippen LogP contribution in [-0.4, -0.2) is 33.8 Å². The Balaban J connectivity index is 2.32. The minimum Gasteiger partial charge on any atom is -0.388 e. The van der Waals surface area contributed by atoms with Crippen LogP contribution in [0.25, 0.3) is 0 Å². The van der Waals surface area contributed by atoms with Gasteiger partial charge in [0.25, 0.3) is 0 Å². The summed E-state index contributed by atoms with van der Waals surface area (Å²) in [5.74, 6) is 1.55. The van der Waals surface area contributed by atoms with E-state index in [1.807, 2.05) is 6.92 Å². The molecule has 5 heteroatoms. The molecule has 0 radical (unpaired) electrons. The van der Waals surface area contributed by atoms with Gasteiger partial charge in [0.1, 0.15) is 16.8 Å². The average Bonchev–Trinajstić information content (AvgIpc) is 2.25. The fourth-order valence-corrected chi connectivity index (χ4v) is 2.50. The zero-order valence-electron chi connectivity index (χ0n) is 12.1. The summed E-state index contributed by atoms with van der Waals surface area (Å²) >= 11 is 6.11. The van der Waals surface area contributed by atoms with E-state index < -0.39 is 5.60 Å². The van der Waals surface area contributed by atoms with Gasteiger partial charge in [0.15, 0.2) is 0 Å². The van der Waals surface area contributed by atoms with Crippen molar-refractivity contribution in [3.8, 4) is 0 Å². The number of anilines is 1. The molecule has 1 saturated heterocycles. The highest BCUT2D eigenvalue weighted by molar-refractivity contribution is 6.29. The highest BCUT2D eigenvalue weighted by atomic mass is 35.5. The van der Waals surface area contributed by atoms with Gasteiger partial charge in [0, 0.05) is 24.6 Å². The third-order valence-corrected chi connectivity index (χ3v) is 3.54. The fraction of sp³-hybridized carbons (Fsp3) is 0.714. The monoisotopic (exact) mass is 283 g/mol. The summed E-state index contributed by atoms with van der Waals surface area (Å²) in [6.07, 6.45) is 1.79. The van der Waals surface area contributed by atoms with Crippen LogP contribution in [0.3, 0.4) is 0 Å². The van der Waals surface area contributed by atoms with Gasteiger partial charge < -0.3 is 10.0 Å². The van der Waals surface area contributed by atoms with E-state index in [0.29, 0.717) is 11.7 Å². The molecule has 0 aromatic carbocycles. The van der Waals surface area contributed by atoms with Crippen molar-refractivity contribution < 1.29 is 5.11 Å². The molecule has 0 spiro atoms. The summed E-state index contributed by atoms with van der Waals surface area (Å²) in [5, 5.41) is 10.6. The lowest BCUT2D eigenvalue weighted by molar-refractivity contribution is 0.0447. The highest BCUT2D eigenvalue weighted by Crippen LogP contribution is 2.28. The van der Waals surface area contributed by atoms with Gasteiger partial charge in [-0.05, 0) is 19.8 Å². The zero-order chi connectivity index (χ0) is 14.3. The summed E-state index contributed by atoms with van der Waals surface area (Å²) in [4.78, 5) is 11.0. The fourth-order valence-electron chi connectivity index (χ4n) is 2.32. The predicted molar refractivity (Wildman–Crippen MR) is 77.8 cm³/mol. The third-order valence-electron chi connectivity index (χ3n) is 3.35. The minimum atomic E-state index is -0.655. The van der Waals surface area contributed by atoms with Crippen molar-refractivity contribution in [3.63, 3.8) is 0 Å². The van der Waals surface area contributed by atoms with Crippen molar-refractivity contribution in [2.75, 3.05) is 18.0 Å². The van der Waals surface area contributed by atoms with E-state index in [9.17, 15) is 5.11 Å². The van der Waals surface area contributed by atoms with Crippen molar-refractivity contribution >= 4 is 17.4 Å². The number of β-amino-alcohol motifs (C(OH)–C–C–N with tert-alkyl or cyclic N) is 1. The molecule has 106 valence electrons. The topological polar surface area (TPSA) is 49.2 Å². The third kappa shape index (κ3) is 3.57. The van der Waals surface area contributed by atoms with E-state index in [1.54, 1.807) is 6.07 Å². The molecule has 1 fully saturated rings. The van der Waals surface area contributed by atoms with Crippen molar-refractivity contribution in [1.82, 2.24) is 9.97 Å². The van der Waals surface area contributed by atoms with E-state index in [1.165, 1.54) is 0 Å². The number of aliphatic hydroxyl groups is 1. The first-order valence-electron chi connectivity index (χ1n) is 6.70. The molecule has 1 N–H and O–H groups in total.